The summed E-state index contributed by atoms with van der Waals surface area (Å²) in [5.41, 5.74) is 7.10. The van der Waals surface area contributed by atoms with Gasteiger partial charge in [0.1, 0.15) is 0 Å². The van der Waals surface area contributed by atoms with Crippen molar-refractivity contribution < 1.29 is 0 Å². The molecule has 0 saturated carbocycles. The monoisotopic (exact) mass is 675 g/mol. The molecule has 0 amide bonds. The second-order valence-corrected chi connectivity index (χ2v) is 12.0. The maximum absolute atomic E-state index is 5.21. The van der Waals surface area contributed by atoms with Crippen LogP contribution in [0.15, 0.2) is 72.0 Å². The zero-order valence-corrected chi connectivity index (χ0v) is 34.2. The second-order valence-electron chi connectivity index (χ2n) is 12.0. The van der Waals surface area contributed by atoms with E-state index < -0.39 is 0 Å². The highest BCUT2D eigenvalue weighted by atomic mass is 15.1. The highest BCUT2D eigenvalue weighted by Crippen LogP contribution is 2.28. The number of aromatic nitrogens is 1. The van der Waals surface area contributed by atoms with E-state index in [0.717, 1.165) is 24.2 Å². The van der Waals surface area contributed by atoms with Crippen LogP contribution in [0.5, 0.6) is 0 Å². The van der Waals surface area contributed by atoms with Crippen molar-refractivity contribution in [3.05, 3.63) is 88.8 Å². The van der Waals surface area contributed by atoms with Crippen molar-refractivity contribution in [2.24, 2.45) is 11.8 Å². The number of hydrogen-bond acceptors (Lipinski definition) is 4. The van der Waals surface area contributed by atoms with Crippen molar-refractivity contribution in [2.75, 3.05) is 46.3 Å². The van der Waals surface area contributed by atoms with Crippen LogP contribution in [-0.2, 0) is 6.42 Å². The van der Waals surface area contributed by atoms with Crippen LogP contribution in [0, 0.1) is 31.1 Å². The molecule has 0 spiro atoms. The fourth-order valence-corrected chi connectivity index (χ4v) is 6.15. The molecule has 0 unspecified atom stereocenters. The van der Waals surface area contributed by atoms with Crippen LogP contribution >= 0.6 is 0 Å². The van der Waals surface area contributed by atoms with Crippen LogP contribution in [0.1, 0.15) is 131 Å². The molecule has 0 radical (unpaired) electrons. The Labute approximate surface area is 306 Å². The third-order valence-electron chi connectivity index (χ3n) is 9.03. The lowest BCUT2D eigenvalue weighted by Gasteiger charge is -2.30. The van der Waals surface area contributed by atoms with Gasteiger partial charge in [0.05, 0.1) is 0 Å². The van der Waals surface area contributed by atoms with E-state index in [9.17, 15) is 0 Å². The normalized spacial score (nSPS) is 17.0. The number of nitrogens with zero attached hydrogens (tertiary/aromatic N) is 2. The Balaban J connectivity index is 0. The van der Waals surface area contributed by atoms with Crippen LogP contribution in [-0.4, -0.2) is 56.2 Å². The van der Waals surface area contributed by atoms with Gasteiger partial charge < -0.3 is 15.5 Å². The zero-order valence-electron chi connectivity index (χ0n) is 34.2. The molecule has 4 nitrogen and oxygen atoms in total. The Bertz CT molecular complexity index is 1090. The number of likely N-dealkylation sites (tertiary alicyclic amines) is 1. The van der Waals surface area contributed by atoms with Crippen molar-refractivity contribution in [1.82, 2.24) is 20.5 Å². The SMILES string of the molecule is C#C/C=C\C(C)=C(/C)C1CCN(C)CC1.CC.CC.CC.CC.Cc1ccccc1C1CCNCC1.c1ccc(CC2CCNCC2)nc1. The summed E-state index contributed by atoms with van der Waals surface area (Å²) in [4.78, 5) is 6.75. The van der Waals surface area contributed by atoms with E-state index in [1.54, 1.807) is 11.6 Å². The summed E-state index contributed by atoms with van der Waals surface area (Å²) in [5, 5.41) is 6.78. The Kier molecular flexibility index (Phi) is 33.4. The van der Waals surface area contributed by atoms with Gasteiger partial charge in [0.25, 0.3) is 0 Å². The Hall–Kier alpha value is -2.71. The molecule has 4 heteroatoms. The molecule has 3 aliphatic rings. The van der Waals surface area contributed by atoms with E-state index in [1.807, 2.05) is 73.7 Å². The van der Waals surface area contributed by atoms with Gasteiger partial charge in [-0.25, -0.2) is 0 Å². The largest absolute Gasteiger partial charge is 0.317 e. The summed E-state index contributed by atoms with van der Waals surface area (Å²) in [7, 11) is 2.19. The summed E-state index contributed by atoms with van der Waals surface area (Å²) in [6.07, 6.45) is 19.8. The number of nitrogens with one attached hydrogen (secondary N) is 2. The van der Waals surface area contributed by atoms with Gasteiger partial charge in [0.2, 0.25) is 0 Å². The lowest BCUT2D eigenvalue weighted by Crippen LogP contribution is -2.30. The van der Waals surface area contributed by atoms with Gasteiger partial charge in [0.15, 0.2) is 0 Å². The van der Waals surface area contributed by atoms with Crippen LogP contribution in [0.25, 0.3) is 0 Å². The first-order chi connectivity index (χ1) is 24.0. The molecular formula is C45H78N4. The van der Waals surface area contributed by atoms with Crippen molar-refractivity contribution >= 4 is 0 Å². The molecule has 2 N–H and O–H groups in total. The topological polar surface area (TPSA) is 40.2 Å². The molecular weight excluding hydrogens is 597 g/mol. The molecule has 1 aromatic heterocycles. The molecule has 0 aliphatic carbocycles. The average Bonchev–Trinajstić information content (AvgIpc) is 3.19. The Morgan fingerprint density at radius 3 is 1.84 bits per heavy atom. The highest BCUT2D eigenvalue weighted by Gasteiger charge is 2.19. The van der Waals surface area contributed by atoms with Crippen molar-refractivity contribution in [3.8, 4) is 12.3 Å². The number of piperidine rings is 3. The number of rotatable bonds is 5. The van der Waals surface area contributed by atoms with Crippen LogP contribution in [0.2, 0.25) is 0 Å². The van der Waals surface area contributed by atoms with Crippen LogP contribution in [0.3, 0.4) is 0 Å². The fraction of sp³-hybridized carbons (Fsp3) is 0.622. The van der Waals surface area contributed by atoms with E-state index in [0.29, 0.717) is 0 Å². The van der Waals surface area contributed by atoms with Crippen LogP contribution in [0.4, 0.5) is 0 Å². The first kappa shape index (κ1) is 48.4. The van der Waals surface area contributed by atoms with Gasteiger partial charge in [-0.05, 0) is 159 Å². The van der Waals surface area contributed by atoms with Crippen LogP contribution < -0.4 is 10.6 Å². The molecule has 1 aromatic carbocycles. The third kappa shape index (κ3) is 21.9. The Morgan fingerprint density at radius 2 is 1.33 bits per heavy atom. The quantitative estimate of drug-likeness (QED) is 0.245. The maximum atomic E-state index is 5.21. The van der Waals surface area contributed by atoms with Crippen molar-refractivity contribution in [2.45, 2.75) is 127 Å². The van der Waals surface area contributed by atoms with Gasteiger partial charge in [-0.15, -0.1) is 6.42 Å². The number of pyridine rings is 1. The molecule has 3 aliphatic heterocycles. The average molecular weight is 675 g/mol. The van der Waals surface area contributed by atoms with Gasteiger partial charge in [-0.2, -0.15) is 0 Å². The molecule has 2 aromatic rings. The van der Waals surface area contributed by atoms with Crippen molar-refractivity contribution in [3.63, 3.8) is 0 Å². The molecule has 5 rings (SSSR count). The lowest BCUT2D eigenvalue weighted by molar-refractivity contribution is 0.237. The molecule has 0 atom stereocenters. The summed E-state index contributed by atoms with van der Waals surface area (Å²) in [6, 6.07) is 15.0. The summed E-state index contributed by atoms with van der Waals surface area (Å²) < 4.78 is 0. The van der Waals surface area contributed by atoms with Gasteiger partial charge >= 0.3 is 0 Å². The summed E-state index contributed by atoms with van der Waals surface area (Å²) in [5.74, 6) is 4.93. The van der Waals surface area contributed by atoms with Crippen molar-refractivity contribution in [1.29, 1.82) is 0 Å². The summed E-state index contributed by atoms with van der Waals surface area (Å²) >= 11 is 0. The minimum Gasteiger partial charge on any atom is -0.317 e. The molecule has 4 heterocycles. The third-order valence-corrected chi connectivity index (χ3v) is 9.03. The lowest BCUT2D eigenvalue weighted by atomic mass is 9.87. The highest BCUT2D eigenvalue weighted by molar-refractivity contribution is 5.30. The van der Waals surface area contributed by atoms with Gasteiger partial charge in [-0.3, -0.25) is 4.98 Å². The molecule has 278 valence electrons. The molecule has 49 heavy (non-hydrogen) atoms. The van der Waals surface area contributed by atoms with Gasteiger partial charge in [0, 0.05) is 11.9 Å². The molecule has 3 fully saturated rings. The fourth-order valence-electron chi connectivity index (χ4n) is 6.15. The van der Waals surface area contributed by atoms with E-state index >= 15 is 0 Å². The number of terminal acetylenes is 1. The summed E-state index contributed by atoms with van der Waals surface area (Å²) in [6.45, 7) is 29.8. The smallest absolute Gasteiger partial charge is 0.0406 e. The number of allylic oxidation sites excluding steroid dienone is 4. The molecule has 0 bridgehead atoms. The Morgan fingerprint density at radius 1 is 0.796 bits per heavy atom. The van der Waals surface area contributed by atoms with Gasteiger partial charge in [-0.1, -0.05) is 109 Å². The maximum Gasteiger partial charge on any atom is 0.0406 e. The zero-order chi connectivity index (χ0) is 37.3. The van der Waals surface area contributed by atoms with E-state index in [1.165, 1.54) is 100 Å². The second kappa shape index (κ2) is 33.8. The first-order valence-electron chi connectivity index (χ1n) is 19.8. The standard InChI is InChI=1S/C14H21N.C12H17N.C11H16N2.4C2H6/c1-5-6-7-12(2)13(3)14-8-10-15(4)11-9-14;1-10-4-2-3-5-12(10)11-6-8-13-9-7-11;1-2-6-13-11(3-1)9-10-4-7-12-8-5-10;4*1-2/h1,6-7,14H,8-11H2,2-4H3;2-5,11,13H,6-9H2,1H3;1-3,6,10,12H,4-5,7-9H2;4*1-2H3/b7-6-,13-12+;;;;;;. The predicted octanol–water partition coefficient (Wildman–Crippen LogP) is 11.0. The van der Waals surface area contributed by atoms with E-state index in [4.69, 9.17) is 6.42 Å². The first-order valence-corrected chi connectivity index (χ1v) is 19.8. The minimum absolute atomic E-state index is 0.753. The van der Waals surface area contributed by atoms with E-state index in [-0.39, 0.29) is 0 Å². The molecule has 3 saturated heterocycles. The number of benzene rings is 1. The van der Waals surface area contributed by atoms with E-state index in [2.05, 4.69) is 90.7 Å². The number of aryl methyl sites for hydroxylation is 1. The number of hydrogen-bond donors (Lipinski definition) is 2. The predicted molar refractivity (Wildman–Crippen MR) is 222 cm³/mol. The minimum atomic E-state index is 0.753.